The molecule has 1 aromatic rings. The van der Waals surface area contributed by atoms with Gasteiger partial charge in [-0.2, -0.15) is 0 Å². The average Bonchev–Trinajstić information content (AvgIpc) is 2.78. The summed E-state index contributed by atoms with van der Waals surface area (Å²) in [6.07, 6.45) is 5.56. The summed E-state index contributed by atoms with van der Waals surface area (Å²) in [6, 6.07) is 5.08. The van der Waals surface area contributed by atoms with Gasteiger partial charge in [-0.05, 0) is 72.3 Å². The van der Waals surface area contributed by atoms with Crippen molar-refractivity contribution in [2.24, 2.45) is 10.5 Å². The van der Waals surface area contributed by atoms with Crippen molar-refractivity contribution in [3.8, 4) is 11.5 Å². The number of hydrogen-bond donors (Lipinski definition) is 2. The van der Waals surface area contributed by atoms with E-state index in [9.17, 15) is 14.4 Å². The number of rotatable bonds is 6. The summed E-state index contributed by atoms with van der Waals surface area (Å²) >= 11 is 3.34. The second-order valence-corrected chi connectivity index (χ2v) is 8.33. The topological polar surface area (TPSA) is 109 Å². The number of hydrazone groups is 1. The van der Waals surface area contributed by atoms with E-state index in [4.69, 9.17) is 9.47 Å². The van der Waals surface area contributed by atoms with Gasteiger partial charge in [-0.15, -0.1) is 5.10 Å². The number of carbonyl (C=O) groups excluding carboxylic acids is 3. The van der Waals surface area contributed by atoms with Crippen LogP contribution in [0.1, 0.15) is 32.6 Å². The number of nitrogens with zero attached hydrogens (tertiary/aromatic N) is 2. The third-order valence-corrected chi connectivity index (χ3v) is 6.07. The zero-order chi connectivity index (χ0) is 22.6. The summed E-state index contributed by atoms with van der Waals surface area (Å²) in [5.74, 6) is -0.312. The van der Waals surface area contributed by atoms with Gasteiger partial charge < -0.3 is 9.47 Å². The molecule has 31 heavy (non-hydrogen) atoms. The second kappa shape index (κ2) is 9.51. The lowest BCUT2D eigenvalue weighted by Gasteiger charge is -2.39. The van der Waals surface area contributed by atoms with Crippen LogP contribution < -0.4 is 20.2 Å². The first-order valence-corrected chi connectivity index (χ1v) is 10.7. The van der Waals surface area contributed by atoms with Gasteiger partial charge in [0.2, 0.25) is 17.8 Å². The average molecular weight is 493 g/mol. The van der Waals surface area contributed by atoms with Crippen molar-refractivity contribution in [3.63, 3.8) is 0 Å². The Balaban J connectivity index is 1.62. The molecule has 9 nitrogen and oxygen atoms in total. The lowest BCUT2D eigenvalue weighted by molar-refractivity contribution is -0.145. The molecule has 0 spiro atoms. The van der Waals surface area contributed by atoms with Crippen LogP contribution in [0, 0.1) is 5.41 Å². The maximum Gasteiger partial charge on any atom is 0.278 e. The van der Waals surface area contributed by atoms with E-state index in [1.807, 2.05) is 6.08 Å². The minimum Gasteiger partial charge on any atom is -0.497 e. The Hall–Kier alpha value is -2.88. The fourth-order valence-electron chi connectivity index (χ4n) is 3.53. The van der Waals surface area contributed by atoms with Gasteiger partial charge in [-0.25, -0.2) is 5.43 Å². The van der Waals surface area contributed by atoms with Gasteiger partial charge in [0.25, 0.3) is 5.91 Å². The fraction of sp³-hybridized carbons (Fsp3) is 0.429. The van der Waals surface area contributed by atoms with Crippen LogP contribution in [0.15, 0.2) is 39.4 Å². The van der Waals surface area contributed by atoms with Crippen LogP contribution in [-0.4, -0.2) is 49.3 Å². The van der Waals surface area contributed by atoms with E-state index in [1.165, 1.54) is 11.9 Å². The Morgan fingerprint density at radius 1 is 1.35 bits per heavy atom. The molecule has 3 rings (SSSR count). The summed E-state index contributed by atoms with van der Waals surface area (Å²) in [5.41, 5.74) is 1.87. The molecule has 0 aromatic heterocycles. The van der Waals surface area contributed by atoms with E-state index < -0.39 is 17.2 Å². The smallest absolute Gasteiger partial charge is 0.278 e. The maximum atomic E-state index is 13.0. The van der Waals surface area contributed by atoms with Crippen LogP contribution in [0.25, 0.3) is 0 Å². The molecule has 1 aliphatic carbocycles. The predicted molar refractivity (Wildman–Crippen MR) is 117 cm³/mol. The molecule has 0 bridgehead atoms. The summed E-state index contributed by atoms with van der Waals surface area (Å²) in [5, 5.41) is 6.53. The summed E-state index contributed by atoms with van der Waals surface area (Å²) in [4.78, 5) is 39.2. The normalized spacial score (nSPS) is 22.6. The standard InChI is InChI=1S/C21H25BrN4O5/c1-21(13-7-5-4-6-8-13)18(28)23-20(26(2)19(21)29)25-24-17(27)12-31-16-10-9-14(30-3)11-15(16)22/h7,9-11H,4-6,8,12H2,1-3H3,(H,24,27)(H,23,25,28)/t21-/m1/s1. The van der Waals surface area contributed by atoms with Crippen LogP contribution in [0.3, 0.4) is 0 Å². The maximum absolute atomic E-state index is 13.0. The molecule has 1 heterocycles. The Morgan fingerprint density at radius 3 is 2.77 bits per heavy atom. The number of hydrogen-bond acceptors (Lipinski definition) is 6. The number of amides is 3. The molecule has 2 N–H and O–H groups in total. The third-order valence-electron chi connectivity index (χ3n) is 5.45. The zero-order valence-electron chi connectivity index (χ0n) is 17.7. The van der Waals surface area contributed by atoms with Crippen LogP contribution in [0.2, 0.25) is 0 Å². The SMILES string of the molecule is COc1ccc(OCC(=O)N/N=C2\NC(=O)[C@@](C)(C3=CCCCC3)C(=O)N2C)c(Br)c1. The third kappa shape index (κ3) is 4.73. The van der Waals surface area contributed by atoms with E-state index in [-0.39, 0.29) is 18.5 Å². The Labute approximate surface area is 189 Å². The number of guanidine groups is 1. The van der Waals surface area contributed by atoms with Gasteiger partial charge in [-0.3, -0.25) is 24.6 Å². The van der Waals surface area contributed by atoms with Gasteiger partial charge in [0.05, 0.1) is 11.6 Å². The predicted octanol–water partition coefficient (Wildman–Crippen LogP) is 2.32. The highest BCUT2D eigenvalue weighted by Crippen LogP contribution is 2.37. The summed E-state index contributed by atoms with van der Waals surface area (Å²) in [6.45, 7) is 1.33. The fourth-order valence-corrected chi connectivity index (χ4v) is 4.01. The van der Waals surface area contributed by atoms with Gasteiger partial charge in [0, 0.05) is 7.05 Å². The van der Waals surface area contributed by atoms with Crippen molar-refractivity contribution in [3.05, 3.63) is 34.3 Å². The first-order chi connectivity index (χ1) is 14.8. The highest BCUT2D eigenvalue weighted by molar-refractivity contribution is 9.10. The molecule has 1 aliphatic heterocycles. The van der Waals surface area contributed by atoms with Gasteiger partial charge in [0.1, 0.15) is 16.9 Å². The molecule has 0 unspecified atom stereocenters. The highest BCUT2D eigenvalue weighted by atomic mass is 79.9. The number of halogens is 1. The van der Waals surface area contributed by atoms with E-state index in [0.717, 1.165) is 24.8 Å². The number of carbonyl (C=O) groups is 3. The van der Waals surface area contributed by atoms with E-state index in [0.29, 0.717) is 22.4 Å². The molecule has 166 valence electrons. The Kier molecular flexibility index (Phi) is 6.99. The molecule has 1 aromatic carbocycles. The minimum atomic E-state index is -1.26. The number of allylic oxidation sites excluding steroid dienone is 1. The lowest BCUT2D eigenvalue weighted by atomic mass is 9.74. The van der Waals surface area contributed by atoms with Gasteiger partial charge in [-0.1, -0.05) is 6.08 Å². The number of methoxy groups -OCH3 is 1. The Morgan fingerprint density at radius 2 is 2.13 bits per heavy atom. The van der Waals surface area contributed by atoms with Crippen LogP contribution in [0.5, 0.6) is 11.5 Å². The quantitative estimate of drug-likeness (QED) is 0.359. The van der Waals surface area contributed by atoms with E-state index in [2.05, 4.69) is 31.8 Å². The molecule has 10 heteroatoms. The van der Waals surface area contributed by atoms with Crippen molar-refractivity contribution in [2.75, 3.05) is 20.8 Å². The zero-order valence-corrected chi connectivity index (χ0v) is 19.2. The number of ether oxygens (including phenoxy) is 2. The number of benzene rings is 1. The monoisotopic (exact) mass is 492 g/mol. The van der Waals surface area contributed by atoms with Crippen LogP contribution in [0.4, 0.5) is 0 Å². The molecule has 1 saturated heterocycles. The molecule has 0 radical (unpaired) electrons. The van der Waals surface area contributed by atoms with E-state index >= 15 is 0 Å². The van der Waals surface area contributed by atoms with Crippen molar-refractivity contribution in [1.82, 2.24) is 15.6 Å². The van der Waals surface area contributed by atoms with Gasteiger partial charge in [0.15, 0.2) is 6.61 Å². The van der Waals surface area contributed by atoms with Crippen LogP contribution in [-0.2, 0) is 14.4 Å². The second-order valence-electron chi connectivity index (χ2n) is 7.47. The first kappa shape index (κ1) is 22.8. The van der Waals surface area contributed by atoms with Crippen LogP contribution >= 0.6 is 15.9 Å². The van der Waals surface area contributed by atoms with Crippen molar-refractivity contribution < 1.29 is 23.9 Å². The molecular weight excluding hydrogens is 468 g/mol. The van der Waals surface area contributed by atoms with Crippen molar-refractivity contribution >= 4 is 39.6 Å². The lowest BCUT2D eigenvalue weighted by Crippen LogP contribution is -2.63. The van der Waals surface area contributed by atoms with E-state index in [1.54, 1.807) is 32.2 Å². The molecule has 0 saturated carbocycles. The highest BCUT2D eigenvalue weighted by Gasteiger charge is 2.50. The largest absolute Gasteiger partial charge is 0.497 e. The van der Waals surface area contributed by atoms with Gasteiger partial charge >= 0.3 is 0 Å². The molecule has 1 fully saturated rings. The molecular formula is C21H25BrN4O5. The molecule has 1 atom stereocenters. The molecule has 2 aliphatic rings. The first-order valence-electron chi connectivity index (χ1n) is 9.89. The van der Waals surface area contributed by atoms with Crippen molar-refractivity contribution in [2.45, 2.75) is 32.6 Å². The summed E-state index contributed by atoms with van der Waals surface area (Å²) in [7, 11) is 3.06. The molecule has 3 amide bonds. The Bertz CT molecular complexity index is 961. The van der Waals surface area contributed by atoms with Crippen molar-refractivity contribution in [1.29, 1.82) is 0 Å². The minimum absolute atomic E-state index is 0.0390. The number of nitrogens with one attached hydrogen (secondary N) is 2. The summed E-state index contributed by atoms with van der Waals surface area (Å²) < 4.78 is 11.2.